The van der Waals surface area contributed by atoms with Crippen LogP contribution in [0.4, 0.5) is 5.95 Å². The molecule has 1 aliphatic heterocycles. The van der Waals surface area contributed by atoms with Gasteiger partial charge in [-0.3, -0.25) is 0 Å². The van der Waals surface area contributed by atoms with Crippen LogP contribution in [-0.4, -0.2) is 43.0 Å². The minimum atomic E-state index is -0.0492. The van der Waals surface area contributed by atoms with Gasteiger partial charge in [-0.05, 0) is 18.0 Å². The normalized spacial score (nSPS) is 18.0. The third-order valence-corrected chi connectivity index (χ3v) is 2.84. The second kappa shape index (κ2) is 5.27. The number of nitrogens with zero attached hydrogens (tertiary/aromatic N) is 3. The molecule has 0 amide bonds. The van der Waals surface area contributed by atoms with E-state index >= 15 is 0 Å². The lowest BCUT2D eigenvalue weighted by atomic mass is 10.2. The smallest absolute Gasteiger partial charge is 0.266 e. The van der Waals surface area contributed by atoms with Gasteiger partial charge in [-0.2, -0.15) is 4.98 Å². The molecule has 1 aromatic rings. The van der Waals surface area contributed by atoms with Crippen molar-refractivity contribution >= 4 is 5.95 Å². The number of nitrogens with two attached hydrogens (primary N) is 1. The molecule has 1 aromatic heterocycles. The van der Waals surface area contributed by atoms with Crippen molar-refractivity contribution in [3.8, 4) is 0 Å². The summed E-state index contributed by atoms with van der Waals surface area (Å²) in [6, 6.07) is 0. The average molecular weight is 226 g/mol. The monoisotopic (exact) mass is 226 g/mol. The third-order valence-electron chi connectivity index (χ3n) is 2.84. The first-order chi connectivity index (χ1) is 7.83. The molecule has 1 atom stereocenters. The van der Waals surface area contributed by atoms with E-state index in [9.17, 15) is 0 Å². The van der Waals surface area contributed by atoms with Crippen LogP contribution >= 0.6 is 0 Å². The van der Waals surface area contributed by atoms with Crippen LogP contribution < -0.4 is 10.6 Å². The van der Waals surface area contributed by atoms with Gasteiger partial charge in [-0.15, -0.1) is 0 Å². The maximum Gasteiger partial charge on any atom is 0.266 e. The predicted octanol–water partition coefficient (Wildman–Crippen LogP) is 0.186. The maximum absolute atomic E-state index is 5.53. The summed E-state index contributed by atoms with van der Waals surface area (Å²) in [4.78, 5) is 6.48. The van der Waals surface area contributed by atoms with E-state index in [2.05, 4.69) is 15.0 Å². The lowest BCUT2D eigenvalue weighted by Gasteiger charge is -2.10. The fourth-order valence-corrected chi connectivity index (χ4v) is 1.83. The summed E-state index contributed by atoms with van der Waals surface area (Å²) in [6.07, 6.45) is 2.93. The van der Waals surface area contributed by atoms with Crippen molar-refractivity contribution in [2.24, 2.45) is 5.73 Å². The Morgan fingerprint density at radius 2 is 2.25 bits per heavy atom. The first-order valence-electron chi connectivity index (χ1n) is 5.64. The third kappa shape index (κ3) is 2.51. The zero-order valence-electron chi connectivity index (χ0n) is 9.56. The van der Waals surface area contributed by atoms with Crippen molar-refractivity contribution < 1.29 is 9.26 Å². The number of hydrogen-bond donors (Lipinski definition) is 1. The number of anilines is 1. The molecule has 1 aliphatic rings. The highest BCUT2D eigenvalue weighted by atomic mass is 16.5. The standard InChI is InChI=1S/C10H18N4O2/c1-15-8(7-11)6-9-12-10(13-16-9)14-4-2-3-5-14/h8H,2-7,11H2,1H3. The second-order valence-corrected chi connectivity index (χ2v) is 3.98. The van der Waals surface area contributed by atoms with Gasteiger partial charge in [0.05, 0.1) is 12.5 Å². The molecule has 0 bridgehead atoms. The van der Waals surface area contributed by atoms with Gasteiger partial charge in [0.15, 0.2) is 0 Å². The Kier molecular flexibility index (Phi) is 3.74. The van der Waals surface area contributed by atoms with Gasteiger partial charge in [0.2, 0.25) is 5.89 Å². The molecule has 6 heteroatoms. The van der Waals surface area contributed by atoms with E-state index in [1.54, 1.807) is 7.11 Å². The molecule has 0 radical (unpaired) electrons. The van der Waals surface area contributed by atoms with Gasteiger partial charge in [-0.25, -0.2) is 0 Å². The molecule has 6 nitrogen and oxygen atoms in total. The van der Waals surface area contributed by atoms with Gasteiger partial charge in [0.1, 0.15) is 0 Å². The highest BCUT2D eigenvalue weighted by Gasteiger charge is 2.19. The van der Waals surface area contributed by atoms with Gasteiger partial charge in [0, 0.05) is 26.7 Å². The Bertz CT molecular complexity index is 318. The van der Waals surface area contributed by atoms with Crippen molar-refractivity contribution in [1.29, 1.82) is 0 Å². The van der Waals surface area contributed by atoms with Crippen molar-refractivity contribution in [3.63, 3.8) is 0 Å². The summed E-state index contributed by atoms with van der Waals surface area (Å²) in [6.45, 7) is 2.49. The van der Waals surface area contributed by atoms with Crippen molar-refractivity contribution in [2.45, 2.75) is 25.4 Å². The van der Waals surface area contributed by atoms with E-state index in [0.717, 1.165) is 13.1 Å². The number of aromatic nitrogens is 2. The largest absolute Gasteiger partial charge is 0.380 e. The number of hydrogen-bond acceptors (Lipinski definition) is 6. The number of ether oxygens (including phenoxy) is 1. The molecule has 0 saturated carbocycles. The summed E-state index contributed by atoms with van der Waals surface area (Å²) < 4.78 is 10.3. The van der Waals surface area contributed by atoms with Crippen molar-refractivity contribution in [3.05, 3.63) is 5.89 Å². The Morgan fingerprint density at radius 3 is 2.88 bits per heavy atom. The minimum Gasteiger partial charge on any atom is -0.380 e. The van der Waals surface area contributed by atoms with Crippen LogP contribution in [0.1, 0.15) is 18.7 Å². The molecule has 1 unspecified atom stereocenters. The molecule has 2 N–H and O–H groups in total. The summed E-state index contributed by atoms with van der Waals surface area (Å²) >= 11 is 0. The molecule has 2 heterocycles. The molecule has 16 heavy (non-hydrogen) atoms. The lowest BCUT2D eigenvalue weighted by Crippen LogP contribution is -2.25. The van der Waals surface area contributed by atoms with E-state index < -0.39 is 0 Å². The van der Waals surface area contributed by atoms with Gasteiger partial charge in [0.25, 0.3) is 5.95 Å². The predicted molar refractivity (Wildman–Crippen MR) is 59.3 cm³/mol. The Hall–Kier alpha value is -1.14. The topological polar surface area (TPSA) is 77.4 Å². The average Bonchev–Trinajstić information content (AvgIpc) is 2.96. The van der Waals surface area contributed by atoms with E-state index in [1.807, 2.05) is 0 Å². The first kappa shape index (κ1) is 11.3. The Labute approximate surface area is 94.7 Å². The van der Waals surface area contributed by atoms with Crippen molar-refractivity contribution in [2.75, 3.05) is 31.6 Å². The van der Waals surface area contributed by atoms with Crippen molar-refractivity contribution in [1.82, 2.24) is 10.1 Å². The number of methoxy groups -OCH3 is 1. The molecule has 2 rings (SSSR count). The Balaban J connectivity index is 1.96. The molecule has 0 spiro atoms. The molecule has 90 valence electrons. The molecule has 1 saturated heterocycles. The van der Waals surface area contributed by atoms with Crippen LogP contribution in [0.25, 0.3) is 0 Å². The highest BCUT2D eigenvalue weighted by molar-refractivity contribution is 5.28. The van der Waals surface area contributed by atoms with Crippen LogP contribution in [0.15, 0.2) is 4.52 Å². The van der Waals surface area contributed by atoms with E-state index in [1.165, 1.54) is 12.8 Å². The van der Waals surface area contributed by atoms with E-state index in [-0.39, 0.29) is 6.10 Å². The van der Waals surface area contributed by atoms with Gasteiger partial charge in [-0.1, -0.05) is 0 Å². The minimum absolute atomic E-state index is 0.0492. The van der Waals surface area contributed by atoms with Crippen LogP contribution in [0, 0.1) is 0 Å². The molecule has 1 fully saturated rings. The van der Waals surface area contributed by atoms with Crippen LogP contribution in [0.3, 0.4) is 0 Å². The van der Waals surface area contributed by atoms with Crippen LogP contribution in [0.5, 0.6) is 0 Å². The molecular formula is C10H18N4O2. The summed E-state index contributed by atoms with van der Waals surface area (Å²) in [5.74, 6) is 1.29. The van der Waals surface area contributed by atoms with E-state index in [0.29, 0.717) is 24.8 Å². The lowest BCUT2D eigenvalue weighted by molar-refractivity contribution is 0.102. The number of rotatable bonds is 5. The fraction of sp³-hybridized carbons (Fsp3) is 0.800. The quantitative estimate of drug-likeness (QED) is 0.772. The van der Waals surface area contributed by atoms with E-state index in [4.69, 9.17) is 15.0 Å². The Morgan fingerprint density at radius 1 is 1.50 bits per heavy atom. The summed E-state index contributed by atoms with van der Waals surface area (Å²) in [5.41, 5.74) is 5.53. The fourth-order valence-electron chi connectivity index (χ4n) is 1.83. The summed E-state index contributed by atoms with van der Waals surface area (Å²) in [5, 5.41) is 3.96. The maximum atomic E-state index is 5.53. The SMILES string of the molecule is COC(CN)Cc1nc(N2CCCC2)no1. The van der Waals surface area contributed by atoms with Gasteiger partial charge < -0.3 is 19.9 Å². The molecule has 0 aliphatic carbocycles. The zero-order valence-corrected chi connectivity index (χ0v) is 9.56. The molecule has 0 aromatic carbocycles. The van der Waals surface area contributed by atoms with Crippen LogP contribution in [0.2, 0.25) is 0 Å². The van der Waals surface area contributed by atoms with Gasteiger partial charge >= 0.3 is 0 Å². The zero-order chi connectivity index (χ0) is 11.4. The highest BCUT2D eigenvalue weighted by Crippen LogP contribution is 2.16. The second-order valence-electron chi connectivity index (χ2n) is 3.98. The molecular weight excluding hydrogens is 208 g/mol. The summed E-state index contributed by atoms with van der Waals surface area (Å²) in [7, 11) is 1.63. The van der Waals surface area contributed by atoms with Crippen LogP contribution in [-0.2, 0) is 11.2 Å². The first-order valence-corrected chi connectivity index (χ1v) is 5.64.